The molecule has 0 radical (unpaired) electrons. The first-order chi connectivity index (χ1) is 5.18. The summed E-state index contributed by atoms with van der Waals surface area (Å²) in [6, 6.07) is 2.73. The molecule has 0 N–H and O–H groups in total. The van der Waals surface area contributed by atoms with Crippen LogP contribution in [-0.2, 0) is 0 Å². The highest BCUT2D eigenvalue weighted by atomic mass is 19.1. The van der Waals surface area contributed by atoms with E-state index in [1.807, 2.05) is 0 Å². The number of aromatic nitrogens is 1. The van der Waals surface area contributed by atoms with Crippen LogP contribution < -0.4 is 4.74 Å². The molecule has 0 aliphatic carbocycles. The highest BCUT2D eigenvalue weighted by molar-refractivity contribution is 5.18. The fraction of sp³-hybridized carbons (Fsp3) is 0.125. The topological polar surface area (TPSA) is 22.1 Å². The Bertz CT molecular complexity index is 255. The number of rotatable bonds is 2. The van der Waals surface area contributed by atoms with Crippen LogP contribution in [0.4, 0.5) is 4.39 Å². The number of hydrogen-bond donors (Lipinski definition) is 0. The summed E-state index contributed by atoms with van der Waals surface area (Å²) in [7, 11) is 0. The Hall–Kier alpha value is -1.38. The van der Waals surface area contributed by atoms with Gasteiger partial charge in [-0.25, -0.2) is 4.98 Å². The molecule has 0 bridgehead atoms. The third-order valence-corrected chi connectivity index (χ3v) is 0.992. The second-order valence-electron chi connectivity index (χ2n) is 2.12. The molecule has 11 heavy (non-hydrogen) atoms. The lowest BCUT2D eigenvalue weighted by Gasteiger charge is -2.01. The van der Waals surface area contributed by atoms with E-state index in [0.29, 0.717) is 11.5 Å². The van der Waals surface area contributed by atoms with Crippen molar-refractivity contribution < 1.29 is 9.13 Å². The van der Waals surface area contributed by atoms with Crippen LogP contribution in [0.5, 0.6) is 5.75 Å². The van der Waals surface area contributed by atoms with Gasteiger partial charge in [0.1, 0.15) is 5.75 Å². The standard InChI is InChI=1S/C8H8FNO/c1-6(2)11-7-3-4-8(9)10-5-7/h3-5H,1H2,2H3. The van der Waals surface area contributed by atoms with E-state index in [9.17, 15) is 4.39 Å². The second-order valence-corrected chi connectivity index (χ2v) is 2.12. The average Bonchev–Trinajstić information content (AvgIpc) is 1.93. The van der Waals surface area contributed by atoms with Crippen LogP contribution in [0.2, 0.25) is 0 Å². The van der Waals surface area contributed by atoms with Gasteiger partial charge in [-0.1, -0.05) is 6.58 Å². The smallest absolute Gasteiger partial charge is 0.213 e. The molecule has 0 aromatic carbocycles. The van der Waals surface area contributed by atoms with Crippen LogP contribution in [0.25, 0.3) is 0 Å². The fourth-order valence-corrected chi connectivity index (χ4v) is 0.624. The van der Waals surface area contributed by atoms with E-state index >= 15 is 0 Å². The molecular formula is C8H8FNO. The Morgan fingerprint density at radius 3 is 2.82 bits per heavy atom. The van der Waals surface area contributed by atoms with Crippen molar-refractivity contribution in [1.29, 1.82) is 0 Å². The van der Waals surface area contributed by atoms with E-state index in [4.69, 9.17) is 4.74 Å². The Kier molecular flexibility index (Phi) is 2.21. The molecule has 0 fully saturated rings. The summed E-state index contributed by atoms with van der Waals surface area (Å²) in [6.45, 7) is 5.24. The predicted molar refractivity (Wildman–Crippen MR) is 39.6 cm³/mol. The van der Waals surface area contributed by atoms with E-state index in [2.05, 4.69) is 11.6 Å². The van der Waals surface area contributed by atoms with Gasteiger partial charge < -0.3 is 4.74 Å². The summed E-state index contributed by atoms with van der Waals surface area (Å²) in [5, 5.41) is 0. The molecule has 0 saturated heterocycles. The lowest BCUT2D eigenvalue weighted by Crippen LogP contribution is -1.89. The highest BCUT2D eigenvalue weighted by Crippen LogP contribution is 2.10. The minimum atomic E-state index is -0.515. The molecule has 0 atom stereocenters. The molecule has 0 spiro atoms. The summed E-state index contributed by atoms with van der Waals surface area (Å²) in [4.78, 5) is 3.40. The zero-order valence-electron chi connectivity index (χ0n) is 6.17. The number of halogens is 1. The normalized spacial score (nSPS) is 9.27. The van der Waals surface area contributed by atoms with E-state index in [0.717, 1.165) is 0 Å². The van der Waals surface area contributed by atoms with Crippen LogP contribution in [-0.4, -0.2) is 4.98 Å². The van der Waals surface area contributed by atoms with Gasteiger partial charge in [0.2, 0.25) is 5.95 Å². The van der Waals surface area contributed by atoms with Crippen molar-refractivity contribution in [1.82, 2.24) is 4.98 Å². The quantitative estimate of drug-likeness (QED) is 0.479. The lowest BCUT2D eigenvalue weighted by atomic mass is 10.4. The van der Waals surface area contributed by atoms with Crippen molar-refractivity contribution in [3.05, 3.63) is 36.6 Å². The number of allylic oxidation sites excluding steroid dienone is 1. The lowest BCUT2D eigenvalue weighted by molar-refractivity contribution is 0.425. The van der Waals surface area contributed by atoms with Gasteiger partial charge in [0.25, 0.3) is 0 Å². The summed E-state index contributed by atoms with van der Waals surface area (Å²) in [5.41, 5.74) is 0. The molecule has 58 valence electrons. The molecule has 0 saturated carbocycles. The molecule has 0 amide bonds. The SMILES string of the molecule is C=C(C)Oc1ccc(F)nc1. The van der Waals surface area contributed by atoms with E-state index in [1.54, 1.807) is 6.92 Å². The number of hydrogen-bond acceptors (Lipinski definition) is 2. The molecule has 1 aromatic heterocycles. The fourth-order valence-electron chi connectivity index (χ4n) is 0.624. The summed E-state index contributed by atoms with van der Waals surface area (Å²) >= 11 is 0. The third kappa shape index (κ3) is 2.37. The first kappa shape index (κ1) is 7.72. The number of nitrogens with zero attached hydrogens (tertiary/aromatic N) is 1. The van der Waals surface area contributed by atoms with Gasteiger partial charge in [0.05, 0.1) is 12.0 Å². The van der Waals surface area contributed by atoms with Crippen molar-refractivity contribution in [2.24, 2.45) is 0 Å². The minimum absolute atomic E-state index is 0.499. The summed E-state index contributed by atoms with van der Waals surface area (Å²) in [6.07, 6.45) is 1.31. The van der Waals surface area contributed by atoms with Gasteiger partial charge >= 0.3 is 0 Å². The van der Waals surface area contributed by atoms with Crippen molar-refractivity contribution >= 4 is 0 Å². The average molecular weight is 153 g/mol. The van der Waals surface area contributed by atoms with E-state index in [1.165, 1.54) is 18.3 Å². The molecule has 1 aromatic rings. The maximum Gasteiger partial charge on any atom is 0.213 e. The van der Waals surface area contributed by atoms with Gasteiger partial charge in [-0.3, -0.25) is 0 Å². The Labute approximate surface area is 64.3 Å². The number of ether oxygens (including phenoxy) is 1. The van der Waals surface area contributed by atoms with Crippen molar-refractivity contribution in [2.45, 2.75) is 6.92 Å². The third-order valence-electron chi connectivity index (χ3n) is 0.992. The second kappa shape index (κ2) is 3.14. The zero-order valence-corrected chi connectivity index (χ0v) is 6.17. The van der Waals surface area contributed by atoms with E-state index in [-0.39, 0.29) is 0 Å². The zero-order chi connectivity index (χ0) is 8.27. The van der Waals surface area contributed by atoms with E-state index < -0.39 is 5.95 Å². The molecular weight excluding hydrogens is 145 g/mol. The van der Waals surface area contributed by atoms with Crippen LogP contribution in [0, 0.1) is 5.95 Å². The monoisotopic (exact) mass is 153 g/mol. The molecule has 0 unspecified atom stereocenters. The Morgan fingerprint density at radius 2 is 2.36 bits per heavy atom. The Morgan fingerprint density at radius 1 is 1.64 bits per heavy atom. The Balaban J connectivity index is 2.74. The van der Waals surface area contributed by atoms with Crippen molar-refractivity contribution in [3.63, 3.8) is 0 Å². The molecule has 3 heteroatoms. The molecule has 1 rings (SSSR count). The maximum atomic E-state index is 12.2. The summed E-state index contributed by atoms with van der Waals surface area (Å²) in [5.74, 6) is 0.538. The highest BCUT2D eigenvalue weighted by Gasteiger charge is 1.94. The predicted octanol–water partition coefficient (Wildman–Crippen LogP) is 2.13. The van der Waals surface area contributed by atoms with Gasteiger partial charge in [-0.05, 0) is 19.1 Å². The first-order valence-electron chi connectivity index (χ1n) is 3.13. The van der Waals surface area contributed by atoms with Crippen LogP contribution in [0.15, 0.2) is 30.7 Å². The minimum Gasteiger partial charge on any atom is -0.461 e. The molecule has 0 aliphatic rings. The van der Waals surface area contributed by atoms with Crippen molar-refractivity contribution in [3.8, 4) is 5.75 Å². The first-order valence-corrected chi connectivity index (χ1v) is 3.13. The maximum absolute atomic E-state index is 12.2. The largest absolute Gasteiger partial charge is 0.461 e. The van der Waals surface area contributed by atoms with Crippen molar-refractivity contribution in [2.75, 3.05) is 0 Å². The van der Waals surface area contributed by atoms with Crippen LogP contribution in [0.1, 0.15) is 6.92 Å². The summed E-state index contributed by atoms with van der Waals surface area (Å²) < 4.78 is 17.3. The van der Waals surface area contributed by atoms with Crippen LogP contribution in [0.3, 0.4) is 0 Å². The van der Waals surface area contributed by atoms with Gasteiger partial charge in [0, 0.05) is 0 Å². The number of pyridine rings is 1. The van der Waals surface area contributed by atoms with Gasteiger partial charge in [0.15, 0.2) is 0 Å². The molecule has 1 heterocycles. The molecule has 2 nitrogen and oxygen atoms in total. The van der Waals surface area contributed by atoms with Crippen LogP contribution >= 0.6 is 0 Å². The molecule has 0 aliphatic heterocycles. The van der Waals surface area contributed by atoms with Gasteiger partial charge in [-0.2, -0.15) is 4.39 Å². The van der Waals surface area contributed by atoms with Gasteiger partial charge in [-0.15, -0.1) is 0 Å².